The van der Waals surface area contributed by atoms with Crippen LogP contribution in [0.4, 0.5) is 0 Å². The van der Waals surface area contributed by atoms with Crippen LogP contribution in [0, 0.1) is 6.92 Å². The fourth-order valence-corrected chi connectivity index (χ4v) is 2.98. The number of hydrogen-bond donors (Lipinski definition) is 1. The summed E-state index contributed by atoms with van der Waals surface area (Å²) >= 11 is 0. The average molecular weight is 265 g/mol. The first-order valence-electron chi connectivity index (χ1n) is 7.49. The summed E-state index contributed by atoms with van der Waals surface area (Å²) in [5.41, 5.74) is 6.35. The first kappa shape index (κ1) is 12.0. The summed E-state index contributed by atoms with van der Waals surface area (Å²) in [5.74, 6) is 1.59. The van der Waals surface area contributed by atoms with Crippen molar-refractivity contribution in [3.05, 3.63) is 46.8 Å². The monoisotopic (exact) mass is 265 g/mol. The summed E-state index contributed by atoms with van der Waals surface area (Å²) in [7, 11) is 0. The Balaban J connectivity index is 1.86. The van der Waals surface area contributed by atoms with Crippen LogP contribution in [-0.4, -0.2) is 16.5 Å². The predicted molar refractivity (Wildman–Crippen MR) is 79.6 cm³/mol. The number of rotatable bonds is 2. The Bertz CT molecular complexity index is 659. The van der Waals surface area contributed by atoms with E-state index in [1.807, 2.05) is 0 Å². The lowest BCUT2D eigenvalue weighted by Gasteiger charge is -2.20. The normalized spacial score (nSPS) is 17.9. The number of fused-ring (bicyclic) bond motifs is 1. The molecular formula is C17H19N3. The van der Waals surface area contributed by atoms with Crippen LogP contribution in [0.1, 0.15) is 41.3 Å². The molecule has 0 radical (unpaired) electrons. The number of benzene rings is 1. The third kappa shape index (κ3) is 2.12. The summed E-state index contributed by atoms with van der Waals surface area (Å²) in [6.45, 7) is 4.09. The van der Waals surface area contributed by atoms with Crippen molar-refractivity contribution in [2.75, 3.05) is 6.54 Å². The zero-order valence-electron chi connectivity index (χ0n) is 11.8. The number of nitrogens with zero attached hydrogens (tertiary/aromatic N) is 2. The maximum Gasteiger partial charge on any atom is 0.159 e. The van der Waals surface area contributed by atoms with E-state index in [4.69, 9.17) is 9.97 Å². The van der Waals surface area contributed by atoms with Crippen molar-refractivity contribution in [3.63, 3.8) is 0 Å². The SMILES string of the molecule is Cc1cccc(-c2nc3c(c(C4CC4)n2)CNCC3)c1. The highest BCUT2D eigenvalue weighted by molar-refractivity contribution is 5.57. The molecule has 2 aromatic rings. The van der Waals surface area contributed by atoms with Crippen LogP contribution in [0.3, 0.4) is 0 Å². The first-order valence-corrected chi connectivity index (χ1v) is 7.49. The Morgan fingerprint density at radius 3 is 2.90 bits per heavy atom. The van der Waals surface area contributed by atoms with Crippen molar-refractivity contribution in [3.8, 4) is 11.4 Å². The molecule has 1 aliphatic carbocycles. The van der Waals surface area contributed by atoms with Gasteiger partial charge in [0.15, 0.2) is 5.82 Å². The average Bonchev–Trinajstić information content (AvgIpc) is 3.31. The minimum atomic E-state index is 0.676. The van der Waals surface area contributed by atoms with E-state index in [1.54, 1.807) is 0 Å². The van der Waals surface area contributed by atoms with Gasteiger partial charge >= 0.3 is 0 Å². The molecule has 102 valence electrons. The molecule has 0 spiro atoms. The molecule has 20 heavy (non-hydrogen) atoms. The van der Waals surface area contributed by atoms with Gasteiger partial charge in [0.1, 0.15) is 0 Å². The minimum absolute atomic E-state index is 0.676. The van der Waals surface area contributed by atoms with Gasteiger partial charge in [0.2, 0.25) is 0 Å². The van der Waals surface area contributed by atoms with Gasteiger partial charge < -0.3 is 5.32 Å². The lowest BCUT2D eigenvalue weighted by molar-refractivity contribution is 0.617. The van der Waals surface area contributed by atoms with Crippen LogP contribution in [0.5, 0.6) is 0 Å². The van der Waals surface area contributed by atoms with Crippen molar-refractivity contribution in [1.82, 2.24) is 15.3 Å². The van der Waals surface area contributed by atoms with Crippen LogP contribution in [0.15, 0.2) is 24.3 Å². The quantitative estimate of drug-likeness (QED) is 0.907. The molecule has 0 saturated heterocycles. The Morgan fingerprint density at radius 1 is 1.20 bits per heavy atom. The van der Waals surface area contributed by atoms with Crippen LogP contribution in [0.2, 0.25) is 0 Å². The molecule has 1 saturated carbocycles. The fourth-order valence-electron chi connectivity index (χ4n) is 2.98. The molecule has 0 bridgehead atoms. The summed E-state index contributed by atoms with van der Waals surface area (Å²) in [6, 6.07) is 8.51. The lowest BCUT2D eigenvalue weighted by Crippen LogP contribution is -2.26. The molecule has 1 aromatic carbocycles. The summed E-state index contributed by atoms with van der Waals surface area (Å²) in [5, 5.41) is 3.45. The van der Waals surface area contributed by atoms with Crippen LogP contribution < -0.4 is 5.32 Å². The highest BCUT2D eigenvalue weighted by Gasteiger charge is 2.30. The van der Waals surface area contributed by atoms with Crippen LogP contribution in [-0.2, 0) is 13.0 Å². The number of aryl methyl sites for hydroxylation is 1. The molecule has 1 aliphatic heterocycles. The van der Waals surface area contributed by atoms with Gasteiger partial charge in [-0.15, -0.1) is 0 Å². The van der Waals surface area contributed by atoms with Gasteiger partial charge in [-0.2, -0.15) is 0 Å². The Kier molecular flexibility index (Phi) is 2.81. The van der Waals surface area contributed by atoms with Gasteiger partial charge in [0.25, 0.3) is 0 Å². The second-order valence-corrected chi connectivity index (χ2v) is 5.93. The topological polar surface area (TPSA) is 37.8 Å². The fraction of sp³-hybridized carbons (Fsp3) is 0.412. The summed E-state index contributed by atoms with van der Waals surface area (Å²) in [6.07, 6.45) is 3.60. The molecule has 1 fully saturated rings. The van der Waals surface area contributed by atoms with Gasteiger partial charge in [0.05, 0.1) is 11.4 Å². The molecule has 2 aliphatic rings. The Morgan fingerprint density at radius 2 is 2.10 bits per heavy atom. The summed E-state index contributed by atoms with van der Waals surface area (Å²) in [4.78, 5) is 9.75. The molecule has 0 unspecified atom stereocenters. The zero-order valence-corrected chi connectivity index (χ0v) is 11.8. The van der Waals surface area contributed by atoms with E-state index in [0.29, 0.717) is 5.92 Å². The zero-order chi connectivity index (χ0) is 13.5. The van der Waals surface area contributed by atoms with Crippen molar-refractivity contribution in [2.45, 2.75) is 38.6 Å². The van der Waals surface area contributed by atoms with Crippen molar-refractivity contribution >= 4 is 0 Å². The first-order chi connectivity index (χ1) is 9.81. The van der Waals surface area contributed by atoms with Gasteiger partial charge in [-0.05, 0) is 25.8 Å². The van der Waals surface area contributed by atoms with E-state index in [2.05, 4.69) is 36.5 Å². The third-order valence-electron chi connectivity index (χ3n) is 4.21. The van der Waals surface area contributed by atoms with Gasteiger partial charge in [-0.1, -0.05) is 23.8 Å². The third-order valence-corrected chi connectivity index (χ3v) is 4.21. The number of aromatic nitrogens is 2. The van der Waals surface area contributed by atoms with E-state index < -0.39 is 0 Å². The molecule has 3 heteroatoms. The lowest BCUT2D eigenvalue weighted by atomic mass is 10.0. The number of nitrogens with one attached hydrogen (secondary N) is 1. The van der Waals surface area contributed by atoms with Crippen molar-refractivity contribution in [1.29, 1.82) is 0 Å². The van der Waals surface area contributed by atoms with E-state index in [1.165, 1.54) is 35.4 Å². The van der Waals surface area contributed by atoms with Crippen LogP contribution >= 0.6 is 0 Å². The van der Waals surface area contributed by atoms with E-state index in [9.17, 15) is 0 Å². The molecule has 2 heterocycles. The molecule has 3 nitrogen and oxygen atoms in total. The summed E-state index contributed by atoms with van der Waals surface area (Å²) < 4.78 is 0. The van der Waals surface area contributed by atoms with E-state index in [-0.39, 0.29) is 0 Å². The standard InChI is InChI=1S/C17H19N3/c1-11-3-2-4-13(9-11)17-19-15-7-8-18-10-14(15)16(20-17)12-5-6-12/h2-4,9,12,18H,5-8,10H2,1H3. The number of hydrogen-bond acceptors (Lipinski definition) is 3. The highest BCUT2D eigenvalue weighted by Crippen LogP contribution is 2.42. The molecule has 0 atom stereocenters. The van der Waals surface area contributed by atoms with E-state index >= 15 is 0 Å². The van der Waals surface area contributed by atoms with Gasteiger partial charge in [-0.25, -0.2) is 9.97 Å². The molecular weight excluding hydrogens is 246 g/mol. The predicted octanol–water partition coefficient (Wildman–Crippen LogP) is 2.98. The van der Waals surface area contributed by atoms with Gasteiger partial charge in [-0.3, -0.25) is 0 Å². The molecule has 1 aromatic heterocycles. The van der Waals surface area contributed by atoms with Crippen molar-refractivity contribution < 1.29 is 0 Å². The smallest absolute Gasteiger partial charge is 0.159 e. The maximum atomic E-state index is 4.91. The highest BCUT2D eigenvalue weighted by atomic mass is 15.0. The van der Waals surface area contributed by atoms with E-state index in [0.717, 1.165) is 30.9 Å². The largest absolute Gasteiger partial charge is 0.312 e. The van der Waals surface area contributed by atoms with Crippen LogP contribution in [0.25, 0.3) is 11.4 Å². The molecule has 4 rings (SSSR count). The van der Waals surface area contributed by atoms with Gasteiger partial charge in [0, 0.05) is 36.6 Å². The Hall–Kier alpha value is -1.74. The van der Waals surface area contributed by atoms with Crippen molar-refractivity contribution in [2.24, 2.45) is 0 Å². The Labute approximate surface area is 119 Å². The molecule has 0 amide bonds. The minimum Gasteiger partial charge on any atom is -0.312 e. The molecule has 1 N–H and O–H groups in total. The second-order valence-electron chi connectivity index (χ2n) is 5.93. The maximum absolute atomic E-state index is 4.91. The second kappa shape index (κ2) is 4.67.